The van der Waals surface area contributed by atoms with Gasteiger partial charge in [0, 0.05) is 23.7 Å². The lowest BCUT2D eigenvalue weighted by Crippen LogP contribution is -2.38. The van der Waals surface area contributed by atoms with Crippen LogP contribution in [0, 0.1) is 6.92 Å². The second-order valence-electron chi connectivity index (χ2n) is 8.09. The smallest absolute Gasteiger partial charge is 0.359 e. The molecule has 5 atom stereocenters. The summed E-state index contributed by atoms with van der Waals surface area (Å²) in [6.45, 7) is 7.01. The van der Waals surface area contributed by atoms with Gasteiger partial charge in [0.1, 0.15) is 18.3 Å². The number of aryl methyl sites for hydroxylation is 1. The first-order valence-corrected chi connectivity index (χ1v) is 10.2. The fourth-order valence-corrected chi connectivity index (χ4v) is 3.91. The van der Waals surface area contributed by atoms with Crippen LogP contribution < -0.4 is 5.56 Å². The molecular weight excluding hydrogens is 377 g/mol. The molecule has 0 saturated carbocycles. The number of ether oxygens (including phenoxy) is 1. The third-order valence-corrected chi connectivity index (χ3v) is 6.68. The van der Waals surface area contributed by atoms with E-state index in [-0.39, 0.29) is 12.0 Å². The Kier molecular flexibility index (Phi) is 6.10. The number of H-pyrrole nitrogens is 1. The number of rotatable bonds is 6. The number of aliphatic hydroxyl groups is 3. The number of hydrogen-bond donors (Lipinski definition) is 5. The van der Waals surface area contributed by atoms with Gasteiger partial charge in [-0.3, -0.25) is 9.36 Å². The lowest BCUT2D eigenvalue weighted by Gasteiger charge is -2.34. The van der Waals surface area contributed by atoms with Crippen molar-refractivity contribution in [3.05, 3.63) is 33.7 Å². The van der Waals surface area contributed by atoms with Crippen LogP contribution in [0.1, 0.15) is 51.3 Å². The van der Waals surface area contributed by atoms with Crippen LogP contribution in [0.25, 0.3) is 0 Å². The first kappa shape index (κ1) is 22.2. The normalized spacial score (nSPS) is 28.9. The second-order valence-corrected chi connectivity index (χ2v) is 10.4. The predicted molar refractivity (Wildman–Crippen MR) is 97.3 cm³/mol. The average Bonchev–Trinajstić information content (AvgIpc) is 2.76. The molecule has 0 aliphatic carbocycles. The first-order chi connectivity index (χ1) is 12.1. The summed E-state index contributed by atoms with van der Waals surface area (Å²) in [5.74, 6) is 0. The van der Waals surface area contributed by atoms with E-state index in [2.05, 4.69) is 4.98 Å². The van der Waals surface area contributed by atoms with E-state index in [0.29, 0.717) is 11.1 Å². The lowest BCUT2D eigenvalue weighted by atomic mass is 9.95. The largest absolute Gasteiger partial charge is 0.388 e. The second kappa shape index (κ2) is 7.40. The highest BCUT2D eigenvalue weighted by Gasteiger charge is 2.48. The molecule has 0 aromatic carbocycles. The van der Waals surface area contributed by atoms with Crippen LogP contribution in [0.2, 0.25) is 0 Å². The van der Waals surface area contributed by atoms with Crippen LogP contribution in [0.5, 0.6) is 0 Å². The van der Waals surface area contributed by atoms with Gasteiger partial charge in [-0.25, -0.2) is 0 Å². The van der Waals surface area contributed by atoms with Gasteiger partial charge in [0.15, 0.2) is 5.34 Å². The molecule has 5 N–H and O–H groups in total. The summed E-state index contributed by atoms with van der Waals surface area (Å²) in [5.41, 5.74) is -0.547. The van der Waals surface area contributed by atoms with E-state index in [0.717, 1.165) is 0 Å². The molecule has 1 aromatic heterocycles. The van der Waals surface area contributed by atoms with Gasteiger partial charge in [-0.2, -0.15) is 0 Å². The number of aromatic nitrogens is 1. The summed E-state index contributed by atoms with van der Waals surface area (Å²) >= 11 is 0. The maximum atomic E-state index is 12.2. The fourth-order valence-electron chi connectivity index (χ4n) is 2.95. The summed E-state index contributed by atoms with van der Waals surface area (Å²) in [4.78, 5) is 24.0. The minimum atomic E-state index is -4.36. The van der Waals surface area contributed by atoms with Crippen molar-refractivity contribution in [1.82, 2.24) is 4.98 Å². The number of aromatic amines is 1. The Hall–Kier alpha value is -1.06. The molecule has 1 aliphatic rings. The molecule has 1 fully saturated rings. The zero-order valence-electron chi connectivity index (χ0n) is 16.0. The van der Waals surface area contributed by atoms with E-state index in [1.54, 1.807) is 13.0 Å². The van der Waals surface area contributed by atoms with Gasteiger partial charge in [0.25, 0.3) is 5.56 Å². The van der Waals surface area contributed by atoms with E-state index in [9.17, 15) is 29.6 Å². The van der Waals surface area contributed by atoms with Crippen molar-refractivity contribution in [3.8, 4) is 0 Å². The minimum Gasteiger partial charge on any atom is -0.388 e. The molecule has 9 nitrogen and oxygen atoms in total. The lowest BCUT2D eigenvalue weighted by molar-refractivity contribution is -0.0445. The maximum Gasteiger partial charge on any atom is 0.359 e. The van der Waals surface area contributed by atoms with Crippen LogP contribution in [0.3, 0.4) is 0 Å². The zero-order valence-corrected chi connectivity index (χ0v) is 16.9. The Morgan fingerprint density at radius 2 is 1.85 bits per heavy atom. The molecule has 10 heteroatoms. The molecule has 27 heavy (non-hydrogen) atoms. The van der Waals surface area contributed by atoms with E-state index in [1.165, 1.54) is 33.9 Å². The van der Waals surface area contributed by atoms with Crippen molar-refractivity contribution in [3.63, 3.8) is 0 Å². The number of hydrogen-bond acceptors (Lipinski definition) is 7. The standard InChI is InChI=1S/C17H28NO8P/c1-9-6-10(8-18-15(9)21)14-13(20)12(19)11(25-14)7-16(2,3)26-27(23,24)17(4,5)22/h6,8,11-14,19-20,22H,7H2,1-5H3,(H,18,21)(H,23,24)/t11-,12?,13?,14+/m1/s1. The topological polar surface area (TPSA) is 149 Å². The van der Waals surface area contributed by atoms with E-state index < -0.39 is 43.0 Å². The number of pyridine rings is 1. The van der Waals surface area contributed by atoms with Crippen molar-refractivity contribution < 1.29 is 34.0 Å². The summed E-state index contributed by atoms with van der Waals surface area (Å²) in [6.07, 6.45) is -2.85. The van der Waals surface area contributed by atoms with Gasteiger partial charge < -0.3 is 34.5 Å². The highest BCUT2D eigenvalue weighted by Crippen LogP contribution is 2.57. The molecule has 0 radical (unpaired) electrons. The van der Waals surface area contributed by atoms with Crippen molar-refractivity contribution in [2.75, 3.05) is 0 Å². The third-order valence-electron chi connectivity index (χ3n) is 4.56. The fraction of sp³-hybridized carbons (Fsp3) is 0.706. The molecule has 154 valence electrons. The Morgan fingerprint density at radius 3 is 2.37 bits per heavy atom. The van der Waals surface area contributed by atoms with Gasteiger partial charge in [-0.05, 0) is 40.7 Å². The molecule has 0 spiro atoms. The Balaban J connectivity index is 2.16. The molecular formula is C17H28NO8P. The van der Waals surface area contributed by atoms with E-state index >= 15 is 0 Å². The average molecular weight is 405 g/mol. The molecule has 3 unspecified atom stereocenters. The highest BCUT2D eigenvalue weighted by atomic mass is 31.2. The van der Waals surface area contributed by atoms with Gasteiger partial charge in [-0.1, -0.05) is 0 Å². The van der Waals surface area contributed by atoms with Gasteiger partial charge in [-0.15, -0.1) is 0 Å². The highest BCUT2D eigenvalue weighted by molar-refractivity contribution is 7.54. The van der Waals surface area contributed by atoms with Crippen LogP contribution in [-0.4, -0.2) is 54.5 Å². The van der Waals surface area contributed by atoms with Crippen LogP contribution in [0.4, 0.5) is 0 Å². The van der Waals surface area contributed by atoms with Crippen molar-refractivity contribution in [2.24, 2.45) is 0 Å². The van der Waals surface area contributed by atoms with Gasteiger partial charge >= 0.3 is 7.60 Å². The minimum absolute atomic E-state index is 0.00923. The number of aliphatic hydroxyl groups excluding tert-OH is 2. The summed E-state index contributed by atoms with van der Waals surface area (Å²) in [7, 11) is -4.36. The monoisotopic (exact) mass is 405 g/mol. The molecule has 0 bridgehead atoms. The first-order valence-electron chi connectivity index (χ1n) is 8.61. The van der Waals surface area contributed by atoms with Gasteiger partial charge in [0.05, 0.1) is 11.7 Å². The SMILES string of the molecule is Cc1cc([C@@H]2O[C@H](CC(C)(C)OP(=O)(O)C(C)(C)O)C(O)C2O)c[nH]c1=O. The van der Waals surface area contributed by atoms with Gasteiger partial charge in [0.2, 0.25) is 0 Å². The molecule has 1 aromatic rings. The molecule has 1 aliphatic heterocycles. The predicted octanol–water partition coefficient (Wildman–Crippen LogP) is 0.944. The van der Waals surface area contributed by atoms with Crippen LogP contribution in [0.15, 0.2) is 17.1 Å². The molecule has 1 saturated heterocycles. The molecule has 0 amide bonds. The van der Waals surface area contributed by atoms with Crippen molar-refractivity contribution in [2.45, 2.75) is 76.4 Å². The molecule has 2 heterocycles. The quantitative estimate of drug-likeness (QED) is 0.439. The van der Waals surface area contributed by atoms with E-state index in [4.69, 9.17) is 9.26 Å². The maximum absolute atomic E-state index is 12.2. The Labute approximate surface area is 157 Å². The Morgan fingerprint density at radius 1 is 1.26 bits per heavy atom. The summed E-state index contributed by atoms with van der Waals surface area (Å²) in [6, 6.07) is 1.57. The van der Waals surface area contributed by atoms with Crippen molar-refractivity contribution in [1.29, 1.82) is 0 Å². The zero-order chi connectivity index (χ0) is 20.8. The summed E-state index contributed by atoms with van der Waals surface area (Å²) < 4.78 is 23.2. The van der Waals surface area contributed by atoms with Crippen LogP contribution in [-0.2, 0) is 13.8 Å². The molecule has 2 rings (SSSR count). The summed E-state index contributed by atoms with van der Waals surface area (Å²) in [5, 5.41) is 28.6. The Bertz CT molecular complexity index is 784. The van der Waals surface area contributed by atoms with E-state index in [1.807, 2.05) is 0 Å². The van der Waals surface area contributed by atoms with Crippen molar-refractivity contribution >= 4 is 7.60 Å². The third kappa shape index (κ3) is 4.86. The van der Waals surface area contributed by atoms with Crippen LogP contribution >= 0.6 is 7.60 Å². The number of nitrogens with one attached hydrogen (secondary N) is 1.